The van der Waals surface area contributed by atoms with E-state index in [1.807, 2.05) is 0 Å². The lowest BCUT2D eigenvalue weighted by Gasteiger charge is -2.38. The van der Waals surface area contributed by atoms with E-state index in [0.29, 0.717) is 0 Å². The van der Waals surface area contributed by atoms with Crippen molar-refractivity contribution in [3.63, 3.8) is 0 Å². The highest BCUT2D eigenvalue weighted by atomic mass is 31.1. The van der Waals surface area contributed by atoms with Crippen molar-refractivity contribution in [1.82, 2.24) is 0 Å². The van der Waals surface area contributed by atoms with E-state index in [4.69, 9.17) is 0 Å². The Bertz CT molecular complexity index is 1030. The standard InChI is InChI=1S/C34H36P2/c1-5-15-27(16-6-1)35(28-17-7-2-8-18-28)33-25-13-23-31(33)32-24-14-26-34(32)36(29-19-9-3-10-20-29)30-21-11-4-12-22-30/h1-12,15-22,31-34H,13-14,23-26H2/t31?,32?,33-,34+. The molecule has 4 atom stereocenters. The summed E-state index contributed by atoms with van der Waals surface area (Å²) in [5.41, 5.74) is 1.58. The second-order valence-electron chi connectivity index (χ2n) is 10.4. The highest BCUT2D eigenvalue weighted by molar-refractivity contribution is 7.74. The maximum absolute atomic E-state index is 2.40. The zero-order chi connectivity index (χ0) is 24.2. The Morgan fingerprint density at radius 2 is 0.639 bits per heavy atom. The molecule has 0 nitrogen and oxygen atoms in total. The first kappa shape index (κ1) is 24.1. The molecule has 2 fully saturated rings. The first-order valence-electron chi connectivity index (χ1n) is 13.7. The molecule has 0 N–H and O–H groups in total. The van der Waals surface area contributed by atoms with E-state index in [0.717, 1.165) is 23.2 Å². The SMILES string of the molecule is c1ccc(P(c2ccccc2)[C@@H]2CCCC2C2CCC[C@@H]2P(c2ccccc2)c2ccccc2)cc1. The van der Waals surface area contributed by atoms with Crippen LogP contribution in [0, 0.1) is 11.8 Å². The second-order valence-corrected chi connectivity index (χ2v) is 15.3. The molecule has 36 heavy (non-hydrogen) atoms. The predicted molar refractivity (Wildman–Crippen MR) is 160 cm³/mol. The number of hydrogen-bond donors (Lipinski definition) is 0. The molecule has 0 radical (unpaired) electrons. The monoisotopic (exact) mass is 506 g/mol. The van der Waals surface area contributed by atoms with Gasteiger partial charge in [0.25, 0.3) is 0 Å². The maximum Gasteiger partial charge on any atom is -0.00976 e. The Kier molecular flexibility index (Phi) is 7.65. The van der Waals surface area contributed by atoms with Gasteiger partial charge in [0.1, 0.15) is 0 Å². The van der Waals surface area contributed by atoms with Crippen LogP contribution in [-0.4, -0.2) is 11.3 Å². The van der Waals surface area contributed by atoms with E-state index >= 15 is 0 Å². The van der Waals surface area contributed by atoms with Crippen LogP contribution in [0.25, 0.3) is 0 Å². The summed E-state index contributed by atoms with van der Waals surface area (Å²) in [5.74, 6) is 1.67. The summed E-state index contributed by atoms with van der Waals surface area (Å²) in [6, 6.07) is 45.9. The minimum atomic E-state index is -0.347. The second kappa shape index (κ2) is 11.4. The van der Waals surface area contributed by atoms with Gasteiger partial charge in [-0.25, -0.2) is 0 Å². The third kappa shape index (κ3) is 4.96. The van der Waals surface area contributed by atoms with Crippen LogP contribution in [0.2, 0.25) is 0 Å². The molecule has 0 amide bonds. The summed E-state index contributed by atoms with van der Waals surface area (Å²) in [7, 11) is -0.694. The maximum atomic E-state index is 2.40. The van der Waals surface area contributed by atoms with E-state index in [1.165, 1.54) is 38.5 Å². The summed E-state index contributed by atoms with van der Waals surface area (Å²) in [6.07, 6.45) is 8.39. The van der Waals surface area contributed by atoms with Gasteiger partial charge in [0.2, 0.25) is 0 Å². The Balaban J connectivity index is 1.38. The molecule has 182 valence electrons. The molecule has 0 aliphatic heterocycles. The van der Waals surface area contributed by atoms with Gasteiger partial charge < -0.3 is 0 Å². The molecule has 2 aliphatic carbocycles. The van der Waals surface area contributed by atoms with Gasteiger partial charge in [-0.05, 0) is 85.9 Å². The van der Waals surface area contributed by atoms with Crippen LogP contribution in [0.1, 0.15) is 38.5 Å². The van der Waals surface area contributed by atoms with E-state index in [2.05, 4.69) is 121 Å². The minimum Gasteiger partial charge on any atom is -0.0622 e. The summed E-state index contributed by atoms with van der Waals surface area (Å²) < 4.78 is 0. The third-order valence-corrected chi connectivity index (χ3v) is 14.4. The van der Waals surface area contributed by atoms with Crippen LogP contribution >= 0.6 is 15.8 Å². The van der Waals surface area contributed by atoms with Gasteiger partial charge in [-0.3, -0.25) is 0 Å². The van der Waals surface area contributed by atoms with Crippen LogP contribution in [0.3, 0.4) is 0 Å². The molecule has 0 aromatic heterocycles. The highest BCUT2D eigenvalue weighted by Gasteiger charge is 2.46. The van der Waals surface area contributed by atoms with E-state index in [-0.39, 0.29) is 15.8 Å². The van der Waals surface area contributed by atoms with Gasteiger partial charge in [-0.1, -0.05) is 134 Å². The molecule has 0 bridgehead atoms. The molecular formula is C34H36P2. The fourth-order valence-corrected chi connectivity index (χ4v) is 13.5. The van der Waals surface area contributed by atoms with Gasteiger partial charge in [-0.2, -0.15) is 0 Å². The van der Waals surface area contributed by atoms with Crippen LogP contribution in [0.15, 0.2) is 121 Å². The molecule has 6 rings (SSSR count). The van der Waals surface area contributed by atoms with E-state index in [1.54, 1.807) is 21.2 Å². The minimum absolute atomic E-state index is 0.347. The summed E-state index contributed by atoms with van der Waals surface area (Å²) in [4.78, 5) is 0. The normalized spacial score (nSPS) is 23.9. The zero-order valence-electron chi connectivity index (χ0n) is 21.0. The van der Waals surface area contributed by atoms with Gasteiger partial charge in [0.05, 0.1) is 0 Å². The van der Waals surface area contributed by atoms with Crippen molar-refractivity contribution >= 4 is 37.1 Å². The van der Waals surface area contributed by atoms with E-state index in [9.17, 15) is 0 Å². The summed E-state index contributed by atoms with van der Waals surface area (Å²) in [5, 5.41) is 6.27. The summed E-state index contributed by atoms with van der Waals surface area (Å²) >= 11 is 0. The van der Waals surface area contributed by atoms with Crippen LogP contribution in [-0.2, 0) is 0 Å². The zero-order valence-corrected chi connectivity index (χ0v) is 22.8. The van der Waals surface area contributed by atoms with E-state index < -0.39 is 0 Å². The van der Waals surface area contributed by atoms with Gasteiger partial charge in [0.15, 0.2) is 0 Å². The van der Waals surface area contributed by atoms with Crippen molar-refractivity contribution in [2.75, 3.05) is 0 Å². The molecule has 0 heterocycles. The molecule has 0 spiro atoms. The predicted octanol–water partition coefficient (Wildman–Crippen LogP) is 7.59. The first-order valence-corrected chi connectivity index (χ1v) is 16.5. The quantitative estimate of drug-likeness (QED) is 0.227. The smallest absolute Gasteiger partial charge is 0.00976 e. The average molecular weight is 507 g/mol. The fraction of sp³-hybridized carbons (Fsp3) is 0.294. The Hall–Kier alpha value is -2.26. The molecule has 4 aromatic carbocycles. The topological polar surface area (TPSA) is 0 Å². The number of rotatable bonds is 7. The van der Waals surface area contributed by atoms with Crippen LogP contribution in [0.5, 0.6) is 0 Å². The third-order valence-electron chi connectivity index (χ3n) is 8.41. The van der Waals surface area contributed by atoms with Gasteiger partial charge >= 0.3 is 0 Å². The largest absolute Gasteiger partial charge is 0.0622 e. The lowest BCUT2D eigenvalue weighted by Crippen LogP contribution is -2.34. The Morgan fingerprint density at radius 1 is 0.361 bits per heavy atom. The van der Waals surface area contributed by atoms with Crippen molar-refractivity contribution < 1.29 is 0 Å². The Labute approximate surface area is 219 Å². The lowest BCUT2D eigenvalue weighted by atomic mass is 9.89. The van der Waals surface area contributed by atoms with Crippen molar-refractivity contribution in [3.8, 4) is 0 Å². The lowest BCUT2D eigenvalue weighted by molar-refractivity contribution is 0.358. The number of hydrogen-bond acceptors (Lipinski definition) is 0. The first-order chi connectivity index (χ1) is 17.9. The highest BCUT2D eigenvalue weighted by Crippen LogP contribution is 2.59. The van der Waals surface area contributed by atoms with Crippen molar-refractivity contribution in [2.24, 2.45) is 11.8 Å². The number of benzene rings is 4. The molecule has 0 saturated heterocycles. The Morgan fingerprint density at radius 3 is 0.917 bits per heavy atom. The molecule has 4 aromatic rings. The van der Waals surface area contributed by atoms with Crippen LogP contribution in [0.4, 0.5) is 0 Å². The molecular weight excluding hydrogens is 470 g/mol. The van der Waals surface area contributed by atoms with Crippen molar-refractivity contribution in [3.05, 3.63) is 121 Å². The summed E-state index contributed by atoms with van der Waals surface area (Å²) in [6.45, 7) is 0. The van der Waals surface area contributed by atoms with Gasteiger partial charge in [-0.15, -0.1) is 0 Å². The average Bonchev–Trinajstić information content (AvgIpc) is 3.62. The van der Waals surface area contributed by atoms with Gasteiger partial charge in [0, 0.05) is 0 Å². The van der Waals surface area contributed by atoms with Crippen molar-refractivity contribution in [1.29, 1.82) is 0 Å². The molecule has 2 saturated carbocycles. The molecule has 2 unspecified atom stereocenters. The van der Waals surface area contributed by atoms with Crippen LogP contribution < -0.4 is 21.2 Å². The molecule has 2 heteroatoms. The fourth-order valence-electron chi connectivity index (χ4n) is 7.00. The molecule has 2 aliphatic rings. The van der Waals surface area contributed by atoms with Crippen molar-refractivity contribution in [2.45, 2.75) is 49.8 Å².